The first-order valence-corrected chi connectivity index (χ1v) is 24.4. The van der Waals surface area contributed by atoms with Gasteiger partial charge in [-0.3, -0.25) is 0 Å². The standard InChI is InChI=1S/2C14H11.2C10H13.Sn/c2*1-3-7-13(8-4-1)11-12-14-9-5-2-6-10-14;2*1-10(2,3)9-7-5-4-6-8-9;/h2*1-11H;2*4-8H,1H2,2-3H3;. The van der Waals surface area contributed by atoms with Crippen LogP contribution in [0.5, 0.6) is 0 Å². The molecule has 0 amide bonds. The van der Waals surface area contributed by atoms with E-state index in [0.29, 0.717) is 0 Å². The van der Waals surface area contributed by atoms with Gasteiger partial charge >= 0.3 is 300 Å². The summed E-state index contributed by atoms with van der Waals surface area (Å²) in [6.07, 6.45) is 5.13. The molecule has 6 rings (SSSR count). The van der Waals surface area contributed by atoms with Crippen LogP contribution in [0.25, 0.3) is 19.3 Å². The Balaban J connectivity index is 1.76. The molecular formula is C48H48Sn. The maximum absolute atomic E-state index is 4.03. The summed E-state index contributed by atoms with van der Waals surface area (Å²) in [6, 6.07) is 67.1. The SMILES string of the molecule is CC(C)([CH2][Sn]([CH2]C(C)(C)c1ccccc1)(/[C](=C/c1ccccc1)c1ccccc1)/[C](=C/c1ccccc1)c1ccccc1)c1ccccc1. The van der Waals surface area contributed by atoms with E-state index in [2.05, 4.69) is 222 Å². The van der Waals surface area contributed by atoms with Crippen LogP contribution in [0.3, 0.4) is 0 Å². The minimum absolute atomic E-state index is 0.0841. The van der Waals surface area contributed by atoms with Gasteiger partial charge in [-0.1, -0.05) is 0 Å². The zero-order valence-electron chi connectivity index (χ0n) is 29.4. The van der Waals surface area contributed by atoms with E-state index in [9.17, 15) is 0 Å². The number of benzene rings is 6. The van der Waals surface area contributed by atoms with Crippen molar-refractivity contribution in [2.75, 3.05) is 0 Å². The summed E-state index contributed by atoms with van der Waals surface area (Å²) >= 11 is -4.03. The van der Waals surface area contributed by atoms with E-state index in [-0.39, 0.29) is 10.8 Å². The normalized spacial score (nSPS) is 12.9. The zero-order valence-corrected chi connectivity index (χ0v) is 32.2. The van der Waals surface area contributed by atoms with Gasteiger partial charge in [-0.2, -0.15) is 0 Å². The maximum atomic E-state index is 2.56. The van der Waals surface area contributed by atoms with Crippen LogP contribution in [0.1, 0.15) is 61.1 Å². The van der Waals surface area contributed by atoms with E-state index >= 15 is 0 Å². The van der Waals surface area contributed by atoms with Crippen molar-refractivity contribution in [1.29, 1.82) is 0 Å². The Kier molecular flexibility index (Phi) is 10.9. The van der Waals surface area contributed by atoms with Crippen LogP contribution in [0.15, 0.2) is 182 Å². The van der Waals surface area contributed by atoms with E-state index in [1.54, 1.807) is 7.18 Å². The molecule has 0 heterocycles. The molecule has 0 spiro atoms. The molecule has 0 N–H and O–H groups in total. The van der Waals surface area contributed by atoms with Gasteiger partial charge in [0.25, 0.3) is 0 Å². The molecule has 0 atom stereocenters. The fourth-order valence-electron chi connectivity index (χ4n) is 7.74. The second-order valence-electron chi connectivity index (χ2n) is 14.6. The number of rotatable bonds is 12. The molecule has 0 unspecified atom stereocenters. The Labute approximate surface area is 298 Å². The molecule has 244 valence electrons. The molecule has 0 aliphatic carbocycles. The van der Waals surface area contributed by atoms with Gasteiger partial charge in [0.05, 0.1) is 0 Å². The van der Waals surface area contributed by atoms with Crippen molar-refractivity contribution >= 4 is 37.7 Å². The summed E-state index contributed by atoms with van der Waals surface area (Å²) in [6.45, 7) is 9.94. The average Bonchev–Trinajstić information content (AvgIpc) is 3.14. The molecule has 0 aliphatic heterocycles. The molecule has 0 bridgehead atoms. The van der Waals surface area contributed by atoms with Crippen molar-refractivity contribution in [2.24, 2.45) is 0 Å². The van der Waals surface area contributed by atoms with Crippen LogP contribution in [0, 0.1) is 0 Å². The Morgan fingerprint density at radius 1 is 0.388 bits per heavy atom. The van der Waals surface area contributed by atoms with Crippen molar-refractivity contribution in [2.45, 2.75) is 47.4 Å². The predicted molar refractivity (Wildman–Crippen MR) is 216 cm³/mol. The third-order valence-electron chi connectivity index (χ3n) is 10.0. The van der Waals surface area contributed by atoms with Crippen LogP contribution >= 0.6 is 0 Å². The predicted octanol–water partition coefficient (Wildman–Crippen LogP) is 13.0. The first kappa shape index (κ1) is 34.5. The zero-order chi connectivity index (χ0) is 34.2. The van der Waals surface area contributed by atoms with Gasteiger partial charge < -0.3 is 0 Å². The molecule has 0 nitrogen and oxygen atoms in total. The molecule has 49 heavy (non-hydrogen) atoms. The van der Waals surface area contributed by atoms with Crippen molar-refractivity contribution < 1.29 is 0 Å². The van der Waals surface area contributed by atoms with Crippen molar-refractivity contribution in [3.8, 4) is 0 Å². The van der Waals surface area contributed by atoms with E-state index in [1.807, 2.05) is 0 Å². The molecule has 0 saturated carbocycles. The molecule has 6 aromatic carbocycles. The van der Waals surface area contributed by atoms with Crippen LogP contribution in [-0.4, -0.2) is 18.4 Å². The van der Waals surface area contributed by atoms with Gasteiger partial charge in [-0.15, -0.1) is 0 Å². The van der Waals surface area contributed by atoms with Gasteiger partial charge in [0.1, 0.15) is 0 Å². The van der Waals surface area contributed by atoms with E-state index in [4.69, 9.17) is 0 Å². The van der Waals surface area contributed by atoms with E-state index in [0.717, 1.165) is 8.87 Å². The van der Waals surface area contributed by atoms with Crippen LogP contribution in [0.4, 0.5) is 0 Å². The first-order chi connectivity index (χ1) is 23.8. The number of hydrogen-bond donors (Lipinski definition) is 0. The Morgan fingerprint density at radius 2 is 0.653 bits per heavy atom. The quantitative estimate of drug-likeness (QED) is 0.0865. The van der Waals surface area contributed by atoms with Crippen molar-refractivity contribution in [3.05, 3.63) is 215 Å². The molecule has 0 aliphatic rings. The summed E-state index contributed by atoms with van der Waals surface area (Å²) in [5.41, 5.74) is 7.81. The summed E-state index contributed by atoms with van der Waals surface area (Å²) in [4.78, 5) is 0. The van der Waals surface area contributed by atoms with Crippen LogP contribution < -0.4 is 0 Å². The summed E-state index contributed by atoms with van der Waals surface area (Å²) in [5, 5.41) is 0. The van der Waals surface area contributed by atoms with Crippen molar-refractivity contribution in [3.63, 3.8) is 0 Å². The molecule has 1 heteroatoms. The van der Waals surface area contributed by atoms with Crippen molar-refractivity contribution in [1.82, 2.24) is 0 Å². The fourth-order valence-corrected chi connectivity index (χ4v) is 27.5. The van der Waals surface area contributed by atoms with Gasteiger partial charge in [0.15, 0.2) is 0 Å². The summed E-state index contributed by atoms with van der Waals surface area (Å²) in [5.74, 6) is 0. The Hall–Kier alpha value is -4.40. The van der Waals surface area contributed by atoms with Gasteiger partial charge in [0, 0.05) is 0 Å². The summed E-state index contributed by atoms with van der Waals surface area (Å²) in [7, 11) is 0. The van der Waals surface area contributed by atoms with E-state index in [1.165, 1.54) is 33.4 Å². The minimum atomic E-state index is -4.03. The van der Waals surface area contributed by atoms with Gasteiger partial charge in [0.2, 0.25) is 0 Å². The molecule has 0 aromatic heterocycles. The second-order valence-corrected chi connectivity index (χ2v) is 25.9. The van der Waals surface area contributed by atoms with Crippen LogP contribution in [-0.2, 0) is 10.8 Å². The molecule has 0 fully saturated rings. The Morgan fingerprint density at radius 3 is 0.959 bits per heavy atom. The van der Waals surface area contributed by atoms with Gasteiger partial charge in [-0.05, 0) is 0 Å². The molecule has 0 saturated heterocycles. The van der Waals surface area contributed by atoms with Crippen LogP contribution in [0.2, 0.25) is 8.87 Å². The topological polar surface area (TPSA) is 0 Å². The average molecular weight is 744 g/mol. The second kappa shape index (κ2) is 15.4. The number of hydrogen-bond acceptors (Lipinski definition) is 0. The third-order valence-corrected chi connectivity index (χ3v) is 26.9. The summed E-state index contributed by atoms with van der Waals surface area (Å²) < 4.78 is 5.28. The first-order valence-electron chi connectivity index (χ1n) is 17.5. The molecule has 6 aromatic rings. The fraction of sp³-hybridized carbons (Fsp3) is 0.167. The van der Waals surface area contributed by atoms with Gasteiger partial charge in [-0.25, -0.2) is 0 Å². The molecule has 0 radical (unpaired) electrons. The third kappa shape index (κ3) is 8.26. The monoisotopic (exact) mass is 744 g/mol. The molecular weight excluding hydrogens is 695 g/mol. The van der Waals surface area contributed by atoms with E-state index < -0.39 is 18.4 Å². The Bertz CT molecular complexity index is 1810.